The predicted octanol–water partition coefficient (Wildman–Crippen LogP) is 1.09. The second-order valence-electron chi connectivity index (χ2n) is 6.49. The van der Waals surface area contributed by atoms with E-state index in [2.05, 4.69) is 15.7 Å². The van der Waals surface area contributed by atoms with Gasteiger partial charge in [0, 0.05) is 31.3 Å². The number of aliphatic hydroxyl groups is 1. The van der Waals surface area contributed by atoms with Crippen molar-refractivity contribution in [1.29, 1.82) is 0 Å². The zero-order valence-corrected chi connectivity index (χ0v) is 13.0. The van der Waals surface area contributed by atoms with E-state index in [1.807, 2.05) is 10.9 Å². The van der Waals surface area contributed by atoms with Gasteiger partial charge in [-0.3, -0.25) is 9.48 Å². The Morgan fingerprint density at radius 3 is 3.00 bits per heavy atom. The Bertz CT molecular complexity index is 496. The van der Waals surface area contributed by atoms with E-state index in [1.165, 1.54) is 0 Å². The van der Waals surface area contributed by atoms with Crippen LogP contribution in [0, 0.1) is 5.92 Å². The average Bonchev–Trinajstić information content (AvgIpc) is 3.06. The standard InChI is InChI=1S/C16H26N4O2/c21-11-12-4-1-2-6-14(12)18-16(22)15-7-9-20(19-15)13-5-3-8-17-10-13/h7,9,12-14,17,21H,1-6,8,10-11H2,(H,18,22). The van der Waals surface area contributed by atoms with Crippen LogP contribution in [-0.4, -0.2) is 46.5 Å². The molecule has 22 heavy (non-hydrogen) atoms. The Morgan fingerprint density at radius 1 is 1.36 bits per heavy atom. The molecule has 1 aromatic heterocycles. The van der Waals surface area contributed by atoms with Gasteiger partial charge in [0.15, 0.2) is 0 Å². The summed E-state index contributed by atoms with van der Waals surface area (Å²) in [7, 11) is 0. The first-order chi connectivity index (χ1) is 10.8. The highest BCUT2D eigenvalue weighted by Crippen LogP contribution is 2.24. The van der Waals surface area contributed by atoms with Crippen molar-refractivity contribution in [3.05, 3.63) is 18.0 Å². The van der Waals surface area contributed by atoms with Gasteiger partial charge in [-0.2, -0.15) is 5.10 Å². The highest BCUT2D eigenvalue weighted by molar-refractivity contribution is 5.92. The minimum atomic E-state index is -0.118. The lowest BCUT2D eigenvalue weighted by molar-refractivity contribution is 0.0866. The molecule has 0 spiro atoms. The number of carbonyl (C=O) groups excluding carboxylic acids is 1. The van der Waals surface area contributed by atoms with Gasteiger partial charge in [-0.25, -0.2) is 0 Å². The molecule has 3 N–H and O–H groups in total. The van der Waals surface area contributed by atoms with Crippen LogP contribution in [0.15, 0.2) is 12.3 Å². The van der Waals surface area contributed by atoms with E-state index in [0.29, 0.717) is 11.7 Å². The minimum absolute atomic E-state index is 0.0766. The lowest BCUT2D eigenvalue weighted by atomic mass is 9.85. The first-order valence-electron chi connectivity index (χ1n) is 8.45. The second kappa shape index (κ2) is 7.24. The predicted molar refractivity (Wildman–Crippen MR) is 83.7 cm³/mol. The van der Waals surface area contributed by atoms with E-state index in [1.54, 1.807) is 6.07 Å². The van der Waals surface area contributed by atoms with Crippen LogP contribution in [0.25, 0.3) is 0 Å². The zero-order chi connectivity index (χ0) is 15.4. The topological polar surface area (TPSA) is 79.2 Å². The fourth-order valence-corrected chi connectivity index (χ4v) is 3.58. The Kier molecular flexibility index (Phi) is 5.10. The molecule has 122 valence electrons. The van der Waals surface area contributed by atoms with Crippen LogP contribution in [0.5, 0.6) is 0 Å². The van der Waals surface area contributed by atoms with Crippen molar-refractivity contribution in [1.82, 2.24) is 20.4 Å². The number of aliphatic hydroxyl groups excluding tert-OH is 1. The van der Waals surface area contributed by atoms with Crippen molar-refractivity contribution in [3.63, 3.8) is 0 Å². The van der Waals surface area contributed by atoms with Crippen LogP contribution in [0.1, 0.15) is 55.1 Å². The Hall–Kier alpha value is -1.40. The summed E-state index contributed by atoms with van der Waals surface area (Å²) in [6, 6.07) is 2.21. The molecule has 1 aromatic rings. The largest absolute Gasteiger partial charge is 0.396 e. The molecule has 0 bridgehead atoms. The molecule has 3 unspecified atom stereocenters. The third-order valence-corrected chi connectivity index (χ3v) is 4.95. The molecule has 2 fully saturated rings. The molecule has 2 heterocycles. The van der Waals surface area contributed by atoms with Crippen molar-refractivity contribution in [2.75, 3.05) is 19.7 Å². The van der Waals surface area contributed by atoms with E-state index < -0.39 is 0 Å². The Labute approximate surface area is 131 Å². The van der Waals surface area contributed by atoms with E-state index in [0.717, 1.165) is 51.6 Å². The maximum atomic E-state index is 12.4. The Balaban J connectivity index is 1.61. The lowest BCUT2D eigenvalue weighted by Crippen LogP contribution is -2.43. The number of rotatable bonds is 4. The molecular formula is C16H26N4O2. The molecule has 6 nitrogen and oxygen atoms in total. The van der Waals surface area contributed by atoms with E-state index in [9.17, 15) is 9.90 Å². The first-order valence-corrected chi connectivity index (χ1v) is 8.45. The molecule has 3 rings (SSSR count). The number of hydrogen-bond donors (Lipinski definition) is 3. The van der Waals surface area contributed by atoms with Crippen LogP contribution in [-0.2, 0) is 0 Å². The normalized spacial score (nSPS) is 29.2. The zero-order valence-electron chi connectivity index (χ0n) is 13.0. The van der Waals surface area contributed by atoms with Gasteiger partial charge in [0.25, 0.3) is 5.91 Å². The van der Waals surface area contributed by atoms with Gasteiger partial charge >= 0.3 is 0 Å². The number of carbonyl (C=O) groups is 1. The molecule has 6 heteroatoms. The van der Waals surface area contributed by atoms with Crippen molar-refractivity contribution in [3.8, 4) is 0 Å². The molecule has 0 aromatic carbocycles. The van der Waals surface area contributed by atoms with Gasteiger partial charge < -0.3 is 15.7 Å². The summed E-state index contributed by atoms with van der Waals surface area (Å²) >= 11 is 0. The van der Waals surface area contributed by atoms with Crippen LogP contribution >= 0.6 is 0 Å². The van der Waals surface area contributed by atoms with Gasteiger partial charge in [-0.1, -0.05) is 12.8 Å². The molecule has 1 aliphatic heterocycles. The van der Waals surface area contributed by atoms with Gasteiger partial charge in [0.05, 0.1) is 6.04 Å². The van der Waals surface area contributed by atoms with Crippen LogP contribution in [0.4, 0.5) is 0 Å². The van der Waals surface area contributed by atoms with Crippen molar-refractivity contribution in [2.24, 2.45) is 5.92 Å². The smallest absolute Gasteiger partial charge is 0.272 e. The highest BCUT2D eigenvalue weighted by Gasteiger charge is 2.27. The first kappa shape index (κ1) is 15.5. The summed E-state index contributed by atoms with van der Waals surface area (Å²) in [4.78, 5) is 12.4. The third kappa shape index (κ3) is 3.50. The van der Waals surface area contributed by atoms with Gasteiger partial charge in [0.1, 0.15) is 5.69 Å². The summed E-state index contributed by atoms with van der Waals surface area (Å²) in [5.74, 6) is 0.0650. The quantitative estimate of drug-likeness (QED) is 0.778. The highest BCUT2D eigenvalue weighted by atomic mass is 16.3. The number of nitrogens with zero attached hydrogens (tertiary/aromatic N) is 2. The molecule has 1 saturated carbocycles. The summed E-state index contributed by atoms with van der Waals surface area (Å²) in [5, 5.41) is 20.3. The molecule has 3 atom stereocenters. The van der Waals surface area contributed by atoms with Crippen molar-refractivity contribution in [2.45, 2.75) is 50.6 Å². The molecule has 2 aliphatic rings. The number of hydrogen-bond acceptors (Lipinski definition) is 4. The Morgan fingerprint density at radius 2 is 2.23 bits per heavy atom. The van der Waals surface area contributed by atoms with E-state index >= 15 is 0 Å². The number of nitrogens with one attached hydrogen (secondary N) is 2. The molecule has 0 radical (unpaired) electrons. The lowest BCUT2D eigenvalue weighted by Gasteiger charge is -2.30. The second-order valence-corrected chi connectivity index (χ2v) is 6.49. The van der Waals surface area contributed by atoms with E-state index in [4.69, 9.17) is 0 Å². The summed E-state index contributed by atoms with van der Waals surface area (Å²) < 4.78 is 1.91. The van der Waals surface area contributed by atoms with Crippen molar-refractivity contribution < 1.29 is 9.90 Å². The molecular weight excluding hydrogens is 280 g/mol. The average molecular weight is 306 g/mol. The van der Waals surface area contributed by atoms with Gasteiger partial charge in [0.2, 0.25) is 0 Å². The number of amides is 1. The van der Waals surface area contributed by atoms with Gasteiger partial charge in [-0.05, 0) is 38.3 Å². The summed E-state index contributed by atoms with van der Waals surface area (Å²) in [6.07, 6.45) is 8.34. The summed E-state index contributed by atoms with van der Waals surface area (Å²) in [6.45, 7) is 2.13. The fraction of sp³-hybridized carbons (Fsp3) is 0.750. The maximum absolute atomic E-state index is 12.4. The van der Waals surface area contributed by atoms with Crippen molar-refractivity contribution >= 4 is 5.91 Å². The van der Waals surface area contributed by atoms with Gasteiger partial charge in [-0.15, -0.1) is 0 Å². The third-order valence-electron chi connectivity index (χ3n) is 4.95. The SMILES string of the molecule is O=C(NC1CCCCC1CO)c1ccn(C2CCCNC2)n1. The van der Waals surface area contributed by atoms with Crippen LogP contribution < -0.4 is 10.6 Å². The fourth-order valence-electron chi connectivity index (χ4n) is 3.58. The minimum Gasteiger partial charge on any atom is -0.396 e. The molecule has 1 amide bonds. The van der Waals surface area contributed by atoms with Crippen LogP contribution in [0.2, 0.25) is 0 Å². The van der Waals surface area contributed by atoms with E-state index in [-0.39, 0.29) is 24.5 Å². The molecule has 1 saturated heterocycles. The monoisotopic (exact) mass is 306 g/mol. The van der Waals surface area contributed by atoms with Crippen LogP contribution in [0.3, 0.4) is 0 Å². The molecule has 1 aliphatic carbocycles. The number of piperidine rings is 1. The summed E-state index contributed by atoms with van der Waals surface area (Å²) in [5.41, 5.74) is 0.479. The number of aromatic nitrogens is 2. The maximum Gasteiger partial charge on any atom is 0.272 e.